The first-order chi connectivity index (χ1) is 11.8. The molecule has 140 valence electrons. The van der Waals surface area contributed by atoms with Gasteiger partial charge in [-0.05, 0) is 50.6 Å². The first kappa shape index (κ1) is 17.0. The molecule has 0 aromatic heterocycles. The summed E-state index contributed by atoms with van der Waals surface area (Å²) in [4.78, 5) is 26.5. The molecule has 0 aromatic carbocycles. The van der Waals surface area contributed by atoms with E-state index in [1.54, 1.807) is 0 Å². The van der Waals surface area contributed by atoms with Crippen LogP contribution in [0.4, 0.5) is 4.79 Å². The van der Waals surface area contributed by atoms with E-state index in [2.05, 4.69) is 14.9 Å². The molecule has 3 amide bonds. The molecular formula is C14H22N4O6S. The van der Waals surface area contributed by atoms with Crippen LogP contribution < -0.4 is 10.6 Å². The number of piperidine rings is 2. The highest BCUT2D eigenvalue weighted by atomic mass is 32.3. The van der Waals surface area contributed by atoms with Crippen molar-refractivity contribution in [1.82, 2.24) is 20.6 Å². The van der Waals surface area contributed by atoms with Gasteiger partial charge in [0.25, 0.3) is 0 Å². The lowest BCUT2D eigenvalue weighted by Crippen LogP contribution is -2.57. The Labute approximate surface area is 145 Å². The van der Waals surface area contributed by atoms with Gasteiger partial charge in [0.2, 0.25) is 5.91 Å². The Bertz CT molecular complexity index is 669. The first-order valence-corrected chi connectivity index (χ1v) is 9.98. The molecule has 10 nitrogen and oxygen atoms in total. The number of fused-ring (bicyclic) bond motifs is 4. The van der Waals surface area contributed by atoms with E-state index in [4.69, 9.17) is 4.55 Å². The molecule has 0 aromatic rings. The van der Waals surface area contributed by atoms with Crippen LogP contribution in [-0.2, 0) is 19.5 Å². The third kappa shape index (κ3) is 3.09. The van der Waals surface area contributed by atoms with Gasteiger partial charge in [0, 0.05) is 12.6 Å². The number of amides is 3. The lowest BCUT2D eigenvalue weighted by atomic mass is 9.92. The quantitative estimate of drug-likeness (QED) is 0.544. The Kier molecular flexibility index (Phi) is 4.13. The maximum atomic E-state index is 12.8. The van der Waals surface area contributed by atoms with Crippen LogP contribution in [-0.4, -0.2) is 72.6 Å². The monoisotopic (exact) mass is 374 g/mol. The van der Waals surface area contributed by atoms with E-state index in [1.807, 2.05) is 0 Å². The SMILES string of the molecule is O=C(NC1[C@@H]2CC[C@H]1CNC2)[C@H]1CC[C@@H]2CN1C(=O)N2OS(=O)(=O)O. The Morgan fingerprint density at radius 2 is 1.88 bits per heavy atom. The van der Waals surface area contributed by atoms with E-state index in [-0.39, 0.29) is 18.5 Å². The zero-order chi connectivity index (χ0) is 17.8. The van der Waals surface area contributed by atoms with Gasteiger partial charge in [-0.25, -0.2) is 4.79 Å². The second kappa shape index (κ2) is 6.08. The highest BCUT2D eigenvalue weighted by Crippen LogP contribution is 2.35. The molecular weight excluding hydrogens is 352 g/mol. The van der Waals surface area contributed by atoms with Crippen LogP contribution in [0.1, 0.15) is 25.7 Å². The molecule has 1 saturated carbocycles. The summed E-state index contributed by atoms with van der Waals surface area (Å²) in [6.45, 7) is 2.01. The van der Waals surface area contributed by atoms with Gasteiger partial charge < -0.3 is 15.5 Å². The maximum absolute atomic E-state index is 12.8. The Morgan fingerprint density at radius 1 is 1.20 bits per heavy atom. The van der Waals surface area contributed by atoms with Crippen molar-refractivity contribution in [3.8, 4) is 0 Å². The second-order valence-electron chi connectivity index (χ2n) is 7.30. The van der Waals surface area contributed by atoms with Crippen molar-refractivity contribution in [3.63, 3.8) is 0 Å². The number of carbonyl (C=O) groups is 2. The number of carbonyl (C=O) groups excluding carboxylic acids is 2. The molecule has 1 aliphatic carbocycles. The van der Waals surface area contributed by atoms with Crippen molar-refractivity contribution in [1.29, 1.82) is 0 Å². The van der Waals surface area contributed by atoms with Crippen molar-refractivity contribution in [2.24, 2.45) is 11.8 Å². The van der Waals surface area contributed by atoms with Gasteiger partial charge in [-0.2, -0.15) is 13.5 Å². The van der Waals surface area contributed by atoms with Crippen LogP contribution in [0, 0.1) is 11.8 Å². The molecule has 4 bridgehead atoms. The fraction of sp³-hybridized carbons (Fsp3) is 0.857. The summed E-state index contributed by atoms with van der Waals surface area (Å²) in [5.41, 5.74) is 0. The number of nitrogens with zero attached hydrogens (tertiary/aromatic N) is 2. The van der Waals surface area contributed by atoms with Gasteiger partial charge in [-0.1, -0.05) is 0 Å². The van der Waals surface area contributed by atoms with Crippen LogP contribution >= 0.6 is 0 Å². The fourth-order valence-electron chi connectivity index (χ4n) is 4.68. The second-order valence-corrected chi connectivity index (χ2v) is 8.30. The van der Waals surface area contributed by atoms with E-state index in [0.29, 0.717) is 29.7 Å². The molecule has 5 atom stereocenters. The largest absolute Gasteiger partial charge is 0.418 e. The molecule has 3 saturated heterocycles. The number of rotatable bonds is 4. The van der Waals surface area contributed by atoms with Crippen LogP contribution in [0.15, 0.2) is 0 Å². The van der Waals surface area contributed by atoms with Gasteiger partial charge in [0.05, 0.1) is 6.04 Å². The number of nitrogens with one attached hydrogen (secondary N) is 2. The average Bonchev–Trinajstić information content (AvgIpc) is 2.90. The molecule has 25 heavy (non-hydrogen) atoms. The van der Waals surface area contributed by atoms with Crippen molar-refractivity contribution in [2.45, 2.75) is 43.8 Å². The lowest BCUT2D eigenvalue weighted by Gasteiger charge is -2.35. The number of hydroxylamine groups is 2. The molecule has 3 heterocycles. The summed E-state index contributed by atoms with van der Waals surface area (Å²) in [6.07, 6.45) is 3.06. The summed E-state index contributed by atoms with van der Waals surface area (Å²) in [5, 5.41) is 7.15. The molecule has 4 aliphatic rings. The first-order valence-electron chi connectivity index (χ1n) is 8.61. The zero-order valence-electron chi connectivity index (χ0n) is 13.6. The van der Waals surface area contributed by atoms with Gasteiger partial charge >= 0.3 is 16.4 Å². The summed E-state index contributed by atoms with van der Waals surface area (Å²) < 4.78 is 35.0. The predicted molar refractivity (Wildman–Crippen MR) is 84.4 cm³/mol. The standard InChI is InChI=1S/C14H22N4O6S/c19-13(16-12-8-1-2-9(12)6-15-5-8)11-4-3-10-7-17(11)14(20)18(10)24-25(21,22)23/h8-12,15H,1-7H2,(H,16,19)(H,21,22,23)/t8-,9+,10-,11-,12?/m1/s1. The molecule has 4 fully saturated rings. The summed E-state index contributed by atoms with van der Waals surface area (Å²) in [7, 11) is -4.77. The van der Waals surface area contributed by atoms with Crippen molar-refractivity contribution >= 4 is 22.3 Å². The average molecular weight is 374 g/mol. The third-order valence-corrected chi connectivity index (χ3v) is 6.19. The smallest absolute Gasteiger partial charge is 0.351 e. The molecule has 3 N–H and O–H groups in total. The molecule has 0 radical (unpaired) electrons. The normalized spacial score (nSPS) is 37.5. The van der Waals surface area contributed by atoms with Crippen LogP contribution in [0.2, 0.25) is 0 Å². The van der Waals surface area contributed by atoms with Crippen molar-refractivity contribution in [2.75, 3.05) is 19.6 Å². The molecule has 3 aliphatic heterocycles. The zero-order valence-corrected chi connectivity index (χ0v) is 14.4. The summed E-state index contributed by atoms with van der Waals surface area (Å²) in [6, 6.07) is -1.68. The summed E-state index contributed by atoms with van der Waals surface area (Å²) in [5.74, 6) is 0.657. The van der Waals surface area contributed by atoms with Gasteiger partial charge in [0.15, 0.2) is 0 Å². The van der Waals surface area contributed by atoms with Crippen molar-refractivity contribution in [3.05, 3.63) is 0 Å². The van der Waals surface area contributed by atoms with Crippen LogP contribution in [0.3, 0.4) is 0 Å². The minimum atomic E-state index is -4.77. The lowest BCUT2D eigenvalue weighted by molar-refractivity contribution is -0.127. The highest BCUT2D eigenvalue weighted by molar-refractivity contribution is 7.80. The van der Waals surface area contributed by atoms with Crippen LogP contribution in [0.25, 0.3) is 0 Å². The van der Waals surface area contributed by atoms with E-state index in [0.717, 1.165) is 25.9 Å². The Hall–Kier alpha value is -1.43. The fourth-order valence-corrected chi connectivity index (χ4v) is 5.07. The van der Waals surface area contributed by atoms with E-state index < -0.39 is 28.5 Å². The predicted octanol–water partition coefficient (Wildman–Crippen LogP) is -0.896. The summed E-state index contributed by atoms with van der Waals surface area (Å²) >= 11 is 0. The van der Waals surface area contributed by atoms with E-state index >= 15 is 0 Å². The Morgan fingerprint density at radius 3 is 2.52 bits per heavy atom. The molecule has 11 heteroatoms. The minimum Gasteiger partial charge on any atom is -0.351 e. The number of hydrogen-bond donors (Lipinski definition) is 3. The van der Waals surface area contributed by atoms with E-state index in [9.17, 15) is 18.0 Å². The number of urea groups is 1. The molecule has 1 unspecified atom stereocenters. The van der Waals surface area contributed by atoms with Gasteiger partial charge in [-0.15, -0.1) is 4.28 Å². The third-order valence-electron chi connectivity index (χ3n) is 5.85. The molecule has 0 spiro atoms. The molecule has 4 rings (SSSR count). The highest BCUT2D eigenvalue weighted by Gasteiger charge is 2.50. The Balaban J connectivity index is 1.44. The van der Waals surface area contributed by atoms with Crippen LogP contribution in [0.5, 0.6) is 0 Å². The van der Waals surface area contributed by atoms with Gasteiger partial charge in [0.1, 0.15) is 6.04 Å². The maximum Gasteiger partial charge on any atom is 0.418 e. The minimum absolute atomic E-state index is 0.134. The van der Waals surface area contributed by atoms with Gasteiger partial charge in [-0.3, -0.25) is 9.35 Å². The topological polar surface area (TPSA) is 128 Å². The van der Waals surface area contributed by atoms with E-state index in [1.165, 1.54) is 4.90 Å². The van der Waals surface area contributed by atoms with Crippen molar-refractivity contribution < 1.29 is 26.8 Å². The number of hydrogen-bond acceptors (Lipinski definition) is 6.